The fraction of sp³-hybridized carbons (Fsp3) is 0.412. The highest BCUT2D eigenvalue weighted by Crippen LogP contribution is 2.32. The summed E-state index contributed by atoms with van der Waals surface area (Å²) in [5.41, 5.74) is 0.437. The van der Waals surface area contributed by atoms with Gasteiger partial charge in [0.2, 0.25) is 21.6 Å². The van der Waals surface area contributed by atoms with Crippen molar-refractivity contribution in [3.8, 4) is 0 Å². The Morgan fingerprint density at radius 1 is 1.00 bits per heavy atom. The minimum Gasteiger partial charge on any atom is -0.367 e. The maximum absolute atomic E-state index is 12.9. The Kier molecular flexibility index (Phi) is 4.31. The Morgan fingerprint density at radius 2 is 1.54 bits per heavy atom. The van der Waals surface area contributed by atoms with Crippen molar-refractivity contribution in [1.82, 2.24) is 9.62 Å². The zero-order valence-electron chi connectivity index (χ0n) is 13.7. The van der Waals surface area contributed by atoms with Crippen LogP contribution in [-0.2, 0) is 10.0 Å². The maximum atomic E-state index is 12.9. The highest BCUT2D eigenvalue weighted by atomic mass is 32.2. The minimum absolute atomic E-state index is 0.0179. The minimum atomic E-state index is -4.08. The van der Waals surface area contributed by atoms with Crippen LogP contribution < -0.4 is 4.72 Å². The molecule has 0 spiro atoms. The van der Waals surface area contributed by atoms with Crippen LogP contribution in [0.25, 0.3) is 0 Å². The van der Waals surface area contributed by atoms with Gasteiger partial charge in [0.25, 0.3) is 0 Å². The number of benzene rings is 1. The molecule has 0 atom stereocenters. The summed E-state index contributed by atoms with van der Waals surface area (Å²) in [7, 11) is -4.08. The van der Waals surface area contributed by atoms with E-state index in [0.717, 1.165) is 12.8 Å². The van der Waals surface area contributed by atoms with E-state index in [1.54, 1.807) is 36.9 Å². The lowest BCUT2D eigenvalue weighted by Gasteiger charge is -2.28. The zero-order chi connectivity index (χ0) is 17.5. The second kappa shape index (κ2) is 6.14. The van der Waals surface area contributed by atoms with Crippen LogP contribution in [0.1, 0.15) is 47.4 Å². The monoisotopic (exact) mass is 348 g/mol. The highest BCUT2D eigenvalue weighted by molar-refractivity contribution is 7.94. The number of carbonyl (C=O) groups excluding carboxylic acids is 2. The van der Waals surface area contributed by atoms with Gasteiger partial charge in [-0.2, -0.15) is 0 Å². The van der Waals surface area contributed by atoms with Crippen LogP contribution in [0, 0.1) is 0 Å². The van der Waals surface area contributed by atoms with E-state index in [0.29, 0.717) is 13.1 Å². The molecule has 3 rings (SSSR count). The van der Waals surface area contributed by atoms with E-state index < -0.39 is 26.5 Å². The first-order valence-corrected chi connectivity index (χ1v) is 9.51. The molecule has 1 aromatic rings. The van der Waals surface area contributed by atoms with Crippen molar-refractivity contribution in [1.29, 1.82) is 0 Å². The summed E-state index contributed by atoms with van der Waals surface area (Å²) in [6, 6.07) is 6.01. The molecule has 24 heavy (non-hydrogen) atoms. The second-order valence-corrected chi connectivity index (χ2v) is 8.00. The van der Waals surface area contributed by atoms with Gasteiger partial charge in [-0.25, -0.2) is 13.1 Å². The molecule has 1 fully saturated rings. The Labute approximate surface area is 141 Å². The molecule has 0 unspecified atom stereocenters. The van der Waals surface area contributed by atoms with Crippen LogP contribution in [-0.4, -0.2) is 44.0 Å². The SMILES string of the molecule is CC(C)NS(=O)(=O)C1=C(N2CCCC2)C(=O)c2ccccc2C1=O. The average Bonchev–Trinajstić information content (AvgIpc) is 3.03. The number of nitrogens with one attached hydrogen (secondary N) is 1. The molecule has 1 N–H and O–H groups in total. The largest absolute Gasteiger partial charge is 0.367 e. The van der Waals surface area contributed by atoms with Crippen molar-refractivity contribution in [3.63, 3.8) is 0 Å². The first-order valence-electron chi connectivity index (χ1n) is 8.03. The van der Waals surface area contributed by atoms with Crippen LogP contribution in [0.4, 0.5) is 0 Å². The van der Waals surface area contributed by atoms with Crippen molar-refractivity contribution in [2.75, 3.05) is 13.1 Å². The molecule has 7 heteroatoms. The first-order chi connectivity index (χ1) is 11.3. The summed E-state index contributed by atoms with van der Waals surface area (Å²) in [6.45, 7) is 4.52. The van der Waals surface area contributed by atoms with Crippen molar-refractivity contribution in [3.05, 3.63) is 46.0 Å². The zero-order valence-corrected chi connectivity index (χ0v) is 14.5. The van der Waals surface area contributed by atoms with Crippen LogP contribution in [0.15, 0.2) is 34.9 Å². The molecule has 1 aromatic carbocycles. The summed E-state index contributed by atoms with van der Waals surface area (Å²) in [4.78, 5) is 27.2. The fourth-order valence-corrected chi connectivity index (χ4v) is 4.75. The van der Waals surface area contributed by atoms with Gasteiger partial charge in [-0.15, -0.1) is 0 Å². The van der Waals surface area contributed by atoms with E-state index in [2.05, 4.69) is 4.72 Å². The molecule has 1 aliphatic carbocycles. The number of rotatable bonds is 4. The van der Waals surface area contributed by atoms with Gasteiger partial charge in [-0.3, -0.25) is 9.59 Å². The first kappa shape index (κ1) is 16.9. The predicted octanol–water partition coefficient (Wildman–Crippen LogP) is 1.70. The molecule has 0 radical (unpaired) electrons. The number of likely N-dealkylation sites (tertiary alicyclic amines) is 1. The third-order valence-corrected chi connectivity index (χ3v) is 5.83. The van der Waals surface area contributed by atoms with Crippen molar-refractivity contribution >= 4 is 21.6 Å². The van der Waals surface area contributed by atoms with Gasteiger partial charge in [0.1, 0.15) is 5.70 Å². The van der Waals surface area contributed by atoms with Gasteiger partial charge in [0, 0.05) is 30.3 Å². The standard InChI is InChI=1S/C17H20N2O4S/c1-11(2)18-24(22,23)17-14(19-9-5-6-10-19)15(20)12-7-3-4-8-13(12)16(17)21/h3-4,7-8,11,18H,5-6,9-10H2,1-2H3. The number of Topliss-reactive ketones (excluding diaryl/α,β-unsaturated/α-hetero) is 2. The predicted molar refractivity (Wildman–Crippen MR) is 90.1 cm³/mol. The lowest BCUT2D eigenvalue weighted by atomic mass is 9.92. The van der Waals surface area contributed by atoms with Crippen molar-refractivity contribution in [2.45, 2.75) is 32.7 Å². The van der Waals surface area contributed by atoms with Crippen LogP contribution in [0.2, 0.25) is 0 Å². The Bertz CT molecular complexity index is 834. The smallest absolute Gasteiger partial charge is 0.246 e. The molecule has 0 aromatic heterocycles. The number of hydrogen-bond acceptors (Lipinski definition) is 5. The Morgan fingerprint density at radius 3 is 2.08 bits per heavy atom. The van der Waals surface area contributed by atoms with E-state index >= 15 is 0 Å². The van der Waals surface area contributed by atoms with Crippen molar-refractivity contribution < 1.29 is 18.0 Å². The third-order valence-electron chi connectivity index (χ3n) is 4.13. The highest BCUT2D eigenvalue weighted by Gasteiger charge is 2.41. The lowest BCUT2D eigenvalue weighted by Crippen LogP contribution is -2.40. The molecule has 1 saturated heterocycles. The summed E-state index contributed by atoms with van der Waals surface area (Å²) in [6.07, 6.45) is 1.75. The van der Waals surface area contributed by atoms with Gasteiger partial charge in [-0.1, -0.05) is 24.3 Å². The maximum Gasteiger partial charge on any atom is 0.246 e. The number of fused-ring (bicyclic) bond motifs is 1. The molecule has 0 amide bonds. The molecule has 6 nitrogen and oxygen atoms in total. The Balaban J connectivity index is 2.23. The Hall–Kier alpha value is -1.99. The summed E-state index contributed by atoms with van der Waals surface area (Å²) in [5.74, 6) is -1.00. The van der Waals surface area contributed by atoms with E-state index in [9.17, 15) is 18.0 Å². The number of sulfonamides is 1. The number of nitrogens with zero attached hydrogens (tertiary/aromatic N) is 1. The van der Waals surface area contributed by atoms with Crippen LogP contribution in [0.3, 0.4) is 0 Å². The van der Waals surface area contributed by atoms with Gasteiger partial charge in [0.05, 0.1) is 0 Å². The van der Waals surface area contributed by atoms with Gasteiger partial charge >= 0.3 is 0 Å². The van der Waals surface area contributed by atoms with Crippen molar-refractivity contribution in [2.24, 2.45) is 0 Å². The summed E-state index contributed by atoms with van der Waals surface area (Å²) >= 11 is 0. The molecular weight excluding hydrogens is 328 g/mol. The summed E-state index contributed by atoms with van der Waals surface area (Å²) < 4.78 is 28.0. The van der Waals surface area contributed by atoms with Crippen LogP contribution >= 0.6 is 0 Å². The van der Waals surface area contributed by atoms with Gasteiger partial charge < -0.3 is 4.90 Å². The molecule has 128 valence electrons. The normalized spacial score (nSPS) is 18.5. The molecule has 1 aliphatic heterocycles. The van der Waals surface area contributed by atoms with E-state index in [1.807, 2.05) is 0 Å². The molecular formula is C17H20N2O4S. The van der Waals surface area contributed by atoms with E-state index in [-0.39, 0.29) is 22.9 Å². The van der Waals surface area contributed by atoms with Gasteiger partial charge in [-0.05, 0) is 26.7 Å². The lowest BCUT2D eigenvalue weighted by molar-refractivity contribution is 0.0952. The van der Waals surface area contributed by atoms with E-state index in [1.165, 1.54) is 6.07 Å². The molecule has 0 saturated carbocycles. The van der Waals surface area contributed by atoms with E-state index in [4.69, 9.17) is 0 Å². The number of hydrogen-bond donors (Lipinski definition) is 1. The number of allylic oxidation sites excluding steroid dienone is 2. The molecule has 0 bridgehead atoms. The third kappa shape index (κ3) is 2.78. The fourth-order valence-electron chi connectivity index (χ4n) is 3.19. The topological polar surface area (TPSA) is 83.6 Å². The second-order valence-electron chi connectivity index (χ2n) is 6.35. The number of carbonyl (C=O) groups is 2. The number of ketones is 2. The van der Waals surface area contributed by atoms with Crippen LogP contribution in [0.5, 0.6) is 0 Å². The quantitative estimate of drug-likeness (QED) is 0.895. The average molecular weight is 348 g/mol. The summed E-state index contributed by atoms with van der Waals surface area (Å²) in [5, 5.41) is 0. The molecule has 2 aliphatic rings. The van der Waals surface area contributed by atoms with Gasteiger partial charge in [0.15, 0.2) is 4.91 Å². The molecule has 1 heterocycles.